The standard InChI is InChI=1S/C11H13BrN2O/c1-3-7-14(2)11(15)8-5-4-6-9(13)10(8)12/h3-6H,1,7,13H2,2H3. The second-order valence-corrected chi connectivity index (χ2v) is 3.98. The smallest absolute Gasteiger partial charge is 0.255 e. The summed E-state index contributed by atoms with van der Waals surface area (Å²) < 4.78 is 0.644. The number of anilines is 1. The van der Waals surface area contributed by atoms with Crippen molar-refractivity contribution in [1.29, 1.82) is 0 Å². The third-order valence-corrected chi connectivity index (χ3v) is 2.89. The Morgan fingerprint density at radius 3 is 2.93 bits per heavy atom. The van der Waals surface area contributed by atoms with Crippen LogP contribution >= 0.6 is 15.9 Å². The molecule has 0 saturated carbocycles. The summed E-state index contributed by atoms with van der Waals surface area (Å²) in [5, 5.41) is 0. The molecule has 4 heteroatoms. The zero-order valence-corrected chi connectivity index (χ0v) is 10.1. The van der Waals surface area contributed by atoms with Gasteiger partial charge < -0.3 is 10.6 Å². The van der Waals surface area contributed by atoms with Gasteiger partial charge in [-0.15, -0.1) is 6.58 Å². The van der Waals surface area contributed by atoms with Crippen molar-refractivity contribution in [2.75, 3.05) is 19.3 Å². The van der Waals surface area contributed by atoms with E-state index in [1.807, 2.05) is 0 Å². The van der Waals surface area contributed by atoms with E-state index in [0.717, 1.165) is 0 Å². The van der Waals surface area contributed by atoms with Crippen LogP contribution in [0.5, 0.6) is 0 Å². The molecule has 80 valence electrons. The Labute approximate surface area is 97.7 Å². The van der Waals surface area contributed by atoms with E-state index in [-0.39, 0.29) is 5.91 Å². The predicted molar refractivity (Wildman–Crippen MR) is 65.7 cm³/mol. The van der Waals surface area contributed by atoms with Crippen LogP contribution in [-0.2, 0) is 0 Å². The van der Waals surface area contributed by atoms with Gasteiger partial charge in [0.25, 0.3) is 5.91 Å². The van der Waals surface area contributed by atoms with Gasteiger partial charge in [0.2, 0.25) is 0 Å². The number of amides is 1. The van der Waals surface area contributed by atoms with Crippen molar-refractivity contribution in [2.45, 2.75) is 0 Å². The Hall–Kier alpha value is -1.29. The number of benzene rings is 1. The molecule has 0 radical (unpaired) electrons. The van der Waals surface area contributed by atoms with Crippen molar-refractivity contribution in [3.8, 4) is 0 Å². The molecule has 0 aliphatic heterocycles. The summed E-state index contributed by atoms with van der Waals surface area (Å²) >= 11 is 3.30. The van der Waals surface area contributed by atoms with E-state index in [2.05, 4.69) is 22.5 Å². The molecule has 2 N–H and O–H groups in total. The summed E-state index contributed by atoms with van der Waals surface area (Å²) in [5.74, 6) is -0.0749. The molecule has 1 aromatic rings. The molecule has 0 fully saturated rings. The molecule has 1 rings (SSSR count). The highest BCUT2D eigenvalue weighted by Crippen LogP contribution is 2.24. The molecule has 1 aromatic carbocycles. The van der Waals surface area contributed by atoms with Crippen molar-refractivity contribution in [1.82, 2.24) is 4.90 Å². The molecule has 0 aliphatic rings. The lowest BCUT2D eigenvalue weighted by molar-refractivity contribution is 0.0809. The average molecular weight is 269 g/mol. The molecule has 0 aromatic heterocycles. The molecule has 3 nitrogen and oxygen atoms in total. The minimum atomic E-state index is -0.0749. The first-order chi connectivity index (χ1) is 7.07. The number of nitrogens with two attached hydrogens (primary N) is 1. The summed E-state index contributed by atoms with van der Waals surface area (Å²) in [6.07, 6.45) is 1.68. The molecule has 0 atom stereocenters. The maximum absolute atomic E-state index is 11.9. The Morgan fingerprint density at radius 2 is 2.33 bits per heavy atom. The van der Waals surface area contributed by atoms with Crippen LogP contribution < -0.4 is 5.73 Å². The minimum Gasteiger partial charge on any atom is -0.398 e. The van der Waals surface area contributed by atoms with Crippen molar-refractivity contribution in [2.24, 2.45) is 0 Å². The van der Waals surface area contributed by atoms with Crippen LogP contribution in [0.15, 0.2) is 35.3 Å². The highest BCUT2D eigenvalue weighted by Gasteiger charge is 2.14. The third-order valence-electron chi connectivity index (χ3n) is 2.01. The maximum atomic E-state index is 11.9. The van der Waals surface area contributed by atoms with Gasteiger partial charge in [-0.2, -0.15) is 0 Å². The van der Waals surface area contributed by atoms with Gasteiger partial charge in [-0.05, 0) is 28.1 Å². The molecule has 15 heavy (non-hydrogen) atoms. The lowest BCUT2D eigenvalue weighted by Gasteiger charge is -2.16. The zero-order chi connectivity index (χ0) is 11.4. The lowest BCUT2D eigenvalue weighted by atomic mass is 10.2. The normalized spacial score (nSPS) is 9.73. The van der Waals surface area contributed by atoms with E-state index in [4.69, 9.17) is 5.73 Å². The van der Waals surface area contributed by atoms with E-state index < -0.39 is 0 Å². The van der Waals surface area contributed by atoms with Crippen LogP contribution in [-0.4, -0.2) is 24.4 Å². The van der Waals surface area contributed by atoms with Crippen LogP contribution in [0.2, 0.25) is 0 Å². The maximum Gasteiger partial charge on any atom is 0.255 e. The number of nitrogen functional groups attached to an aromatic ring is 1. The number of nitrogens with zero attached hydrogens (tertiary/aromatic N) is 1. The number of hydrogen-bond donors (Lipinski definition) is 1. The Morgan fingerprint density at radius 1 is 1.67 bits per heavy atom. The number of carbonyl (C=O) groups excluding carboxylic acids is 1. The first-order valence-corrected chi connectivity index (χ1v) is 5.27. The van der Waals surface area contributed by atoms with E-state index >= 15 is 0 Å². The van der Waals surface area contributed by atoms with E-state index in [1.165, 1.54) is 0 Å². The van der Waals surface area contributed by atoms with Crippen molar-refractivity contribution >= 4 is 27.5 Å². The van der Waals surface area contributed by atoms with Gasteiger partial charge in [0.1, 0.15) is 0 Å². The van der Waals surface area contributed by atoms with Crippen LogP contribution in [0.1, 0.15) is 10.4 Å². The SMILES string of the molecule is C=CCN(C)C(=O)c1cccc(N)c1Br. The monoisotopic (exact) mass is 268 g/mol. The molecular weight excluding hydrogens is 256 g/mol. The molecule has 0 aliphatic carbocycles. The fraction of sp³-hybridized carbons (Fsp3) is 0.182. The molecule has 0 spiro atoms. The second kappa shape index (κ2) is 4.98. The first kappa shape index (κ1) is 11.8. The van der Waals surface area contributed by atoms with Gasteiger partial charge in [-0.3, -0.25) is 4.79 Å². The third kappa shape index (κ3) is 2.59. The second-order valence-electron chi connectivity index (χ2n) is 3.18. The number of carbonyl (C=O) groups is 1. The van der Waals surface area contributed by atoms with Gasteiger partial charge in [0.15, 0.2) is 0 Å². The fourth-order valence-electron chi connectivity index (χ4n) is 1.20. The number of halogens is 1. The highest BCUT2D eigenvalue weighted by molar-refractivity contribution is 9.10. The van der Waals surface area contributed by atoms with E-state index in [1.54, 1.807) is 36.2 Å². The topological polar surface area (TPSA) is 46.3 Å². The first-order valence-electron chi connectivity index (χ1n) is 4.48. The van der Waals surface area contributed by atoms with Gasteiger partial charge in [-0.1, -0.05) is 12.1 Å². The van der Waals surface area contributed by atoms with Gasteiger partial charge in [0, 0.05) is 19.3 Å². The number of hydrogen-bond acceptors (Lipinski definition) is 2. The molecule has 1 amide bonds. The van der Waals surface area contributed by atoms with Crippen LogP contribution in [0.4, 0.5) is 5.69 Å². The fourth-order valence-corrected chi connectivity index (χ4v) is 1.63. The number of likely N-dealkylation sites (N-methyl/N-ethyl adjacent to an activating group) is 1. The van der Waals surface area contributed by atoms with Crippen LogP contribution in [0.3, 0.4) is 0 Å². The molecule has 0 heterocycles. The van der Waals surface area contributed by atoms with E-state index in [9.17, 15) is 4.79 Å². The largest absolute Gasteiger partial charge is 0.398 e. The summed E-state index contributed by atoms with van der Waals surface area (Å²) in [7, 11) is 1.72. The Bertz CT molecular complexity index is 390. The summed E-state index contributed by atoms with van der Waals surface area (Å²) in [6, 6.07) is 5.24. The van der Waals surface area contributed by atoms with Gasteiger partial charge >= 0.3 is 0 Å². The minimum absolute atomic E-state index is 0.0749. The summed E-state index contributed by atoms with van der Waals surface area (Å²) in [6.45, 7) is 4.10. The molecular formula is C11H13BrN2O. The van der Waals surface area contributed by atoms with Crippen LogP contribution in [0, 0.1) is 0 Å². The Balaban J connectivity index is 3.01. The highest BCUT2D eigenvalue weighted by atomic mass is 79.9. The molecule has 0 unspecified atom stereocenters. The summed E-state index contributed by atoms with van der Waals surface area (Å²) in [5.41, 5.74) is 6.83. The average Bonchev–Trinajstić information content (AvgIpc) is 2.21. The zero-order valence-electron chi connectivity index (χ0n) is 8.53. The molecule has 0 bridgehead atoms. The summed E-state index contributed by atoms with van der Waals surface area (Å²) in [4.78, 5) is 13.5. The Kier molecular flexibility index (Phi) is 3.91. The lowest BCUT2D eigenvalue weighted by Crippen LogP contribution is -2.27. The van der Waals surface area contributed by atoms with Crippen molar-refractivity contribution < 1.29 is 4.79 Å². The number of rotatable bonds is 3. The van der Waals surface area contributed by atoms with Crippen LogP contribution in [0.25, 0.3) is 0 Å². The van der Waals surface area contributed by atoms with E-state index in [0.29, 0.717) is 22.3 Å². The quantitative estimate of drug-likeness (QED) is 0.676. The van der Waals surface area contributed by atoms with Gasteiger partial charge in [-0.25, -0.2) is 0 Å². The molecule has 0 saturated heterocycles. The van der Waals surface area contributed by atoms with Gasteiger partial charge in [0.05, 0.1) is 10.0 Å². The predicted octanol–water partition coefficient (Wildman–Crippen LogP) is 2.29. The van der Waals surface area contributed by atoms with Crippen molar-refractivity contribution in [3.63, 3.8) is 0 Å². The van der Waals surface area contributed by atoms with Crippen molar-refractivity contribution in [3.05, 3.63) is 40.9 Å².